The van der Waals surface area contributed by atoms with Crippen LogP contribution in [0.4, 0.5) is 0 Å². The lowest BCUT2D eigenvalue weighted by atomic mass is 9.99. The lowest BCUT2D eigenvalue weighted by molar-refractivity contribution is -0.663. The van der Waals surface area contributed by atoms with Crippen molar-refractivity contribution in [1.82, 2.24) is 4.57 Å². The quantitative estimate of drug-likeness (QED) is 0.343. The van der Waals surface area contributed by atoms with E-state index in [-0.39, 0.29) is 12.4 Å². The summed E-state index contributed by atoms with van der Waals surface area (Å²) in [7, 11) is 4.90. The van der Waals surface area contributed by atoms with Crippen LogP contribution in [0, 0.1) is 0 Å². The first-order valence-corrected chi connectivity index (χ1v) is 11.9. The molecule has 0 unspecified atom stereocenters. The highest BCUT2D eigenvalue weighted by atomic mass is 35.5. The Morgan fingerprint density at radius 3 is 2.36 bits per heavy atom. The van der Waals surface area contributed by atoms with E-state index >= 15 is 0 Å². The number of para-hydroxylation sites is 2. The van der Waals surface area contributed by atoms with Gasteiger partial charge in [-0.15, -0.1) is 0 Å². The Balaban J connectivity index is 0.00000304. The number of hydrogen-bond acceptors (Lipinski definition) is 4. The highest BCUT2D eigenvalue weighted by Gasteiger charge is 2.22. The summed E-state index contributed by atoms with van der Waals surface area (Å²) in [5.74, 6) is 2.87. The molecule has 5 rings (SSSR count). The van der Waals surface area contributed by atoms with E-state index in [9.17, 15) is 0 Å². The first-order chi connectivity index (χ1) is 17.1. The number of halogens is 1. The number of aromatic nitrogens is 2. The summed E-state index contributed by atoms with van der Waals surface area (Å²) in [5.41, 5.74) is 7.19. The number of rotatable bonds is 8. The SMILES string of the molecule is CCc1ccc2c(c1)C(Cn1c[n+](Cc3cc(OC)c(OC)c(OC)c3)c3ccccc31)=CCO2.[Cl-]. The molecule has 3 aromatic carbocycles. The van der Waals surface area contributed by atoms with Gasteiger partial charge in [0.1, 0.15) is 25.4 Å². The number of fused-ring (bicyclic) bond motifs is 2. The van der Waals surface area contributed by atoms with Crippen molar-refractivity contribution in [1.29, 1.82) is 0 Å². The molecule has 0 amide bonds. The highest BCUT2D eigenvalue weighted by molar-refractivity contribution is 5.76. The van der Waals surface area contributed by atoms with E-state index in [4.69, 9.17) is 18.9 Å². The molecule has 0 atom stereocenters. The van der Waals surface area contributed by atoms with E-state index < -0.39 is 0 Å². The van der Waals surface area contributed by atoms with E-state index in [0.717, 1.165) is 29.8 Å². The van der Waals surface area contributed by atoms with Crippen molar-refractivity contribution >= 4 is 16.6 Å². The molecule has 1 aliphatic rings. The van der Waals surface area contributed by atoms with Crippen molar-refractivity contribution < 1.29 is 35.9 Å². The first-order valence-electron chi connectivity index (χ1n) is 11.9. The molecule has 1 aliphatic heterocycles. The van der Waals surface area contributed by atoms with E-state index in [0.29, 0.717) is 30.4 Å². The number of methoxy groups -OCH3 is 3. The number of imidazole rings is 1. The third-order valence-corrected chi connectivity index (χ3v) is 6.56. The van der Waals surface area contributed by atoms with Crippen LogP contribution in [0.5, 0.6) is 23.0 Å². The fourth-order valence-corrected chi connectivity index (χ4v) is 4.77. The van der Waals surface area contributed by atoms with Crippen molar-refractivity contribution in [3.63, 3.8) is 0 Å². The zero-order chi connectivity index (χ0) is 24.4. The summed E-state index contributed by atoms with van der Waals surface area (Å²) in [6.45, 7) is 4.22. The molecule has 0 N–H and O–H groups in total. The molecule has 188 valence electrons. The average Bonchev–Trinajstić information content (AvgIpc) is 3.24. The molecule has 0 spiro atoms. The number of allylic oxidation sites excluding steroid dienone is 1. The van der Waals surface area contributed by atoms with E-state index in [1.165, 1.54) is 22.2 Å². The molecule has 0 saturated carbocycles. The molecule has 7 heteroatoms. The molecule has 1 aromatic heterocycles. The number of nitrogens with zero attached hydrogens (tertiary/aromatic N) is 2. The maximum atomic E-state index is 5.90. The minimum Gasteiger partial charge on any atom is -1.00 e. The molecule has 2 heterocycles. The number of hydrogen-bond donors (Lipinski definition) is 0. The fourth-order valence-electron chi connectivity index (χ4n) is 4.77. The van der Waals surface area contributed by atoms with Crippen LogP contribution in [0.25, 0.3) is 16.6 Å². The standard InChI is InChI=1S/C29H31N2O4.ClH/c1-5-20-10-11-26-23(14-20)22(12-13-35-26)18-31-19-30(24-8-6-7-9-25(24)31)17-21-15-27(32-2)29(34-4)28(16-21)33-3;/h6-12,14-16,19H,5,13,17-18H2,1-4H3;1H/q+1;/p-1. The Bertz CT molecular complexity index is 1380. The molecule has 0 fully saturated rings. The van der Waals surface area contributed by atoms with E-state index in [1.807, 2.05) is 12.1 Å². The van der Waals surface area contributed by atoms with Crippen molar-refractivity contribution in [3.8, 4) is 23.0 Å². The van der Waals surface area contributed by atoms with Gasteiger partial charge in [-0.05, 0) is 54.5 Å². The number of benzene rings is 3. The fraction of sp³-hybridized carbons (Fsp3) is 0.276. The number of ether oxygens (including phenoxy) is 4. The van der Waals surface area contributed by atoms with Crippen LogP contribution < -0.4 is 35.9 Å². The Morgan fingerprint density at radius 1 is 0.917 bits per heavy atom. The zero-order valence-electron chi connectivity index (χ0n) is 21.1. The van der Waals surface area contributed by atoms with Crippen molar-refractivity contribution in [2.24, 2.45) is 0 Å². The monoisotopic (exact) mass is 506 g/mol. The van der Waals surface area contributed by atoms with Crippen molar-refractivity contribution in [2.45, 2.75) is 26.4 Å². The smallest absolute Gasteiger partial charge is 0.245 e. The minimum absolute atomic E-state index is 0. The third-order valence-electron chi connectivity index (χ3n) is 6.56. The normalized spacial score (nSPS) is 12.3. The Morgan fingerprint density at radius 2 is 1.67 bits per heavy atom. The topological polar surface area (TPSA) is 45.7 Å². The predicted octanol–water partition coefficient (Wildman–Crippen LogP) is 2.05. The molecule has 0 radical (unpaired) electrons. The molecule has 0 bridgehead atoms. The third kappa shape index (κ3) is 4.73. The molecule has 36 heavy (non-hydrogen) atoms. The summed E-state index contributed by atoms with van der Waals surface area (Å²) < 4.78 is 27.1. The second kappa shape index (κ2) is 11.0. The Labute approximate surface area is 218 Å². The maximum absolute atomic E-state index is 5.90. The molecule has 4 aromatic rings. The van der Waals surface area contributed by atoms with Gasteiger partial charge in [-0.3, -0.25) is 0 Å². The van der Waals surface area contributed by atoms with Crippen LogP contribution in [0.2, 0.25) is 0 Å². The van der Waals surface area contributed by atoms with Crippen molar-refractivity contribution in [3.05, 3.63) is 83.7 Å². The van der Waals surface area contributed by atoms with Gasteiger partial charge in [0.2, 0.25) is 12.1 Å². The second-order valence-electron chi connectivity index (χ2n) is 8.62. The zero-order valence-corrected chi connectivity index (χ0v) is 21.8. The second-order valence-corrected chi connectivity index (χ2v) is 8.62. The predicted molar refractivity (Wildman–Crippen MR) is 137 cm³/mol. The van der Waals surface area contributed by atoms with Gasteiger partial charge < -0.3 is 31.4 Å². The van der Waals surface area contributed by atoms with Crippen LogP contribution in [0.1, 0.15) is 23.6 Å². The molecule has 6 nitrogen and oxygen atoms in total. The van der Waals surface area contributed by atoms with Gasteiger partial charge in [0.15, 0.2) is 22.5 Å². The summed E-state index contributed by atoms with van der Waals surface area (Å²) in [6.07, 6.45) is 5.38. The Kier molecular flexibility index (Phi) is 7.75. The van der Waals surface area contributed by atoms with Gasteiger partial charge in [-0.1, -0.05) is 25.1 Å². The van der Waals surface area contributed by atoms with E-state index in [1.54, 1.807) is 21.3 Å². The van der Waals surface area contributed by atoms with Gasteiger partial charge >= 0.3 is 0 Å². The van der Waals surface area contributed by atoms with Gasteiger partial charge in [0.05, 0.1) is 21.3 Å². The molecule has 0 saturated heterocycles. The lowest BCUT2D eigenvalue weighted by Crippen LogP contribution is -3.00. The van der Waals surface area contributed by atoms with Crippen LogP contribution in [-0.4, -0.2) is 32.5 Å². The average molecular weight is 507 g/mol. The summed E-state index contributed by atoms with van der Waals surface area (Å²) in [5, 5.41) is 0. The van der Waals surface area contributed by atoms with Crippen LogP contribution in [0.15, 0.2) is 67.0 Å². The summed E-state index contributed by atoms with van der Waals surface area (Å²) in [4.78, 5) is 0. The minimum atomic E-state index is 0. The van der Waals surface area contributed by atoms with Crippen molar-refractivity contribution in [2.75, 3.05) is 27.9 Å². The van der Waals surface area contributed by atoms with Gasteiger partial charge in [-0.25, -0.2) is 9.13 Å². The largest absolute Gasteiger partial charge is 1.00 e. The Hall–Kier alpha value is -3.64. The van der Waals surface area contributed by atoms with Gasteiger partial charge in [0, 0.05) is 16.7 Å². The molecule has 0 aliphatic carbocycles. The molecular formula is C29H31ClN2O4. The van der Waals surface area contributed by atoms with E-state index in [2.05, 4.69) is 70.9 Å². The van der Waals surface area contributed by atoms with Crippen LogP contribution in [0.3, 0.4) is 0 Å². The lowest BCUT2D eigenvalue weighted by Gasteiger charge is -2.18. The summed E-state index contributed by atoms with van der Waals surface area (Å²) in [6, 6.07) is 19.0. The highest BCUT2D eigenvalue weighted by Crippen LogP contribution is 2.38. The molecular weight excluding hydrogens is 476 g/mol. The van der Waals surface area contributed by atoms with Crippen LogP contribution in [-0.2, 0) is 19.5 Å². The van der Waals surface area contributed by atoms with Crippen LogP contribution >= 0.6 is 0 Å². The van der Waals surface area contributed by atoms with Gasteiger partial charge in [-0.2, -0.15) is 0 Å². The maximum Gasteiger partial charge on any atom is 0.245 e. The first kappa shape index (κ1) is 25.5. The van der Waals surface area contributed by atoms with Gasteiger partial charge in [0.25, 0.3) is 0 Å². The summed E-state index contributed by atoms with van der Waals surface area (Å²) >= 11 is 0. The number of aryl methyl sites for hydroxylation is 1.